The Labute approximate surface area is 189 Å². The predicted octanol–water partition coefficient (Wildman–Crippen LogP) is 4.03. The van der Waals surface area contributed by atoms with Crippen molar-refractivity contribution in [2.24, 2.45) is 0 Å². The van der Waals surface area contributed by atoms with Crippen LogP contribution < -0.4 is 10.6 Å². The van der Waals surface area contributed by atoms with Gasteiger partial charge in [0.1, 0.15) is 0 Å². The summed E-state index contributed by atoms with van der Waals surface area (Å²) in [6.07, 6.45) is 6.43. The lowest BCUT2D eigenvalue weighted by Crippen LogP contribution is -2.39. The maximum Gasteiger partial charge on any atom is 0.259 e. The average molecular weight is 465 g/mol. The van der Waals surface area contributed by atoms with Gasteiger partial charge in [0.2, 0.25) is 10.0 Å². The van der Waals surface area contributed by atoms with Crippen molar-refractivity contribution in [3.63, 3.8) is 0 Å². The fourth-order valence-corrected chi connectivity index (χ4v) is 5.39. The van der Waals surface area contributed by atoms with Gasteiger partial charge in [0.25, 0.3) is 5.91 Å². The molecule has 1 aromatic carbocycles. The van der Waals surface area contributed by atoms with Crippen molar-refractivity contribution in [2.45, 2.75) is 45.6 Å². The minimum atomic E-state index is -2.89. The number of benzene rings is 1. The van der Waals surface area contributed by atoms with Crippen LogP contribution in [0.15, 0.2) is 36.7 Å². The highest BCUT2D eigenvalue weighted by Crippen LogP contribution is 2.42. The Kier molecular flexibility index (Phi) is 6.93. The van der Waals surface area contributed by atoms with E-state index in [0.717, 1.165) is 31.5 Å². The molecule has 0 radical (unpaired) electrons. The van der Waals surface area contributed by atoms with Crippen molar-refractivity contribution in [2.75, 3.05) is 29.5 Å². The molecule has 4 rings (SSSR count). The summed E-state index contributed by atoms with van der Waals surface area (Å²) in [4.78, 5) is 18.4. The maximum absolute atomic E-state index is 12.6. The number of hydrogen-bond donors (Lipinski definition) is 1. The number of nitrogens with two attached hydrogens (primary N) is 1. The van der Waals surface area contributed by atoms with Crippen molar-refractivity contribution < 1.29 is 13.2 Å². The van der Waals surface area contributed by atoms with Crippen LogP contribution in [0.2, 0.25) is 5.02 Å². The number of nitrogens with zero attached hydrogens (tertiary/aromatic N) is 3. The van der Waals surface area contributed by atoms with Gasteiger partial charge in [-0.3, -0.25) is 14.7 Å². The van der Waals surface area contributed by atoms with Crippen molar-refractivity contribution in [1.29, 1.82) is 0 Å². The SMILES string of the molecule is CC1(C)c2cc(Cl)ccc2C(=O)N1c1cncc(N)c1.CCS(=O)(=O)N1CCCCC1. The van der Waals surface area contributed by atoms with E-state index in [2.05, 4.69) is 4.98 Å². The molecule has 1 amide bonds. The molecule has 2 aliphatic heterocycles. The highest BCUT2D eigenvalue weighted by Gasteiger charge is 2.44. The summed E-state index contributed by atoms with van der Waals surface area (Å²) in [6, 6.07) is 7.09. The lowest BCUT2D eigenvalue weighted by atomic mass is 9.93. The number of sulfonamides is 1. The van der Waals surface area contributed by atoms with E-state index >= 15 is 0 Å². The molecule has 2 aliphatic rings. The van der Waals surface area contributed by atoms with E-state index in [1.807, 2.05) is 19.9 Å². The molecule has 0 unspecified atom stereocenters. The molecule has 9 heteroatoms. The number of aromatic nitrogens is 1. The zero-order valence-electron chi connectivity index (χ0n) is 18.1. The maximum atomic E-state index is 12.6. The van der Waals surface area contributed by atoms with Crippen molar-refractivity contribution in [1.82, 2.24) is 9.29 Å². The normalized spacial score (nSPS) is 18.3. The summed E-state index contributed by atoms with van der Waals surface area (Å²) in [5.74, 6) is 0.182. The first-order chi connectivity index (χ1) is 14.6. The van der Waals surface area contributed by atoms with E-state index in [0.29, 0.717) is 22.0 Å². The van der Waals surface area contributed by atoms with Crippen molar-refractivity contribution in [3.05, 3.63) is 52.8 Å². The monoisotopic (exact) mass is 464 g/mol. The Morgan fingerprint density at radius 3 is 2.42 bits per heavy atom. The van der Waals surface area contributed by atoms with E-state index in [1.165, 1.54) is 6.42 Å². The number of pyridine rings is 1. The molecule has 0 atom stereocenters. The number of amides is 1. The summed E-state index contributed by atoms with van der Waals surface area (Å²) in [6.45, 7) is 7.13. The van der Waals surface area contributed by atoms with Gasteiger partial charge in [-0.15, -0.1) is 0 Å². The van der Waals surface area contributed by atoms with Crippen LogP contribution in [-0.4, -0.2) is 42.5 Å². The summed E-state index contributed by atoms with van der Waals surface area (Å²) in [5.41, 5.74) is 8.07. The van der Waals surface area contributed by atoms with Crippen LogP contribution >= 0.6 is 11.6 Å². The first-order valence-corrected chi connectivity index (χ1v) is 12.4. The Morgan fingerprint density at radius 1 is 1.13 bits per heavy atom. The van der Waals surface area contributed by atoms with Crippen LogP contribution in [-0.2, 0) is 15.6 Å². The molecule has 1 fully saturated rings. The van der Waals surface area contributed by atoms with E-state index in [-0.39, 0.29) is 11.7 Å². The molecule has 2 aromatic rings. The van der Waals surface area contributed by atoms with Gasteiger partial charge >= 0.3 is 0 Å². The van der Waals surface area contributed by atoms with Gasteiger partial charge in [0.05, 0.1) is 28.9 Å². The molecule has 0 aliphatic carbocycles. The van der Waals surface area contributed by atoms with Gasteiger partial charge in [-0.2, -0.15) is 0 Å². The lowest BCUT2D eigenvalue weighted by Gasteiger charge is -2.32. The van der Waals surface area contributed by atoms with Crippen molar-refractivity contribution >= 4 is 38.9 Å². The second-order valence-corrected chi connectivity index (χ2v) is 10.9. The van der Waals surface area contributed by atoms with Crippen LogP contribution in [0.1, 0.15) is 56.0 Å². The first-order valence-electron chi connectivity index (χ1n) is 10.4. The lowest BCUT2D eigenvalue weighted by molar-refractivity contribution is 0.0982. The standard InChI is InChI=1S/C15H14ClN3O.C7H15NO2S/c1-15(2)13-5-9(16)3-4-12(13)14(20)19(15)11-6-10(17)7-18-8-11;1-2-11(9,10)8-6-4-3-5-7-8/h3-8H,17H2,1-2H3;2-7H2,1H3. The third kappa shape index (κ3) is 4.86. The smallest absolute Gasteiger partial charge is 0.259 e. The van der Waals surface area contributed by atoms with Crippen LogP contribution in [0.3, 0.4) is 0 Å². The highest BCUT2D eigenvalue weighted by atomic mass is 35.5. The number of nitrogen functional groups attached to an aromatic ring is 1. The zero-order chi connectivity index (χ0) is 22.8. The van der Waals surface area contributed by atoms with E-state index in [9.17, 15) is 13.2 Å². The molecule has 3 heterocycles. The minimum absolute atomic E-state index is 0.0610. The summed E-state index contributed by atoms with van der Waals surface area (Å²) >= 11 is 6.06. The van der Waals surface area contributed by atoms with Gasteiger partial charge in [0.15, 0.2) is 0 Å². The topological polar surface area (TPSA) is 96.6 Å². The number of fused-ring (bicyclic) bond motifs is 1. The number of piperidine rings is 1. The molecule has 168 valence electrons. The Hall–Kier alpha value is -2.16. The number of carbonyl (C=O) groups is 1. The fraction of sp³-hybridized carbons (Fsp3) is 0.455. The third-order valence-electron chi connectivity index (χ3n) is 5.71. The summed E-state index contributed by atoms with van der Waals surface area (Å²) in [7, 11) is -2.89. The predicted molar refractivity (Wildman–Crippen MR) is 125 cm³/mol. The van der Waals surface area contributed by atoms with Gasteiger partial charge in [-0.05, 0) is 63.4 Å². The molecule has 1 saturated heterocycles. The van der Waals surface area contributed by atoms with E-state index in [1.54, 1.807) is 46.7 Å². The van der Waals surface area contributed by atoms with E-state index in [4.69, 9.17) is 17.3 Å². The largest absolute Gasteiger partial charge is 0.397 e. The van der Waals surface area contributed by atoms with Crippen molar-refractivity contribution in [3.8, 4) is 0 Å². The molecular formula is C22H29ClN4O3S. The number of halogens is 1. The van der Waals surface area contributed by atoms with Crippen LogP contribution in [0.25, 0.3) is 0 Å². The third-order valence-corrected chi connectivity index (χ3v) is 7.83. The van der Waals surface area contributed by atoms with Gasteiger partial charge in [0, 0.05) is 29.9 Å². The molecule has 0 bridgehead atoms. The molecular weight excluding hydrogens is 436 g/mol. The number of hydrogen-bond acceptors (Lipinski definition) is 5. The number of anilines is 2. The highest BCUT2D eigenvalue weighted by molar-refractivity contribution is 7.89. The average Bonchev–Trinajstić information content (AvgIpc) is 2.94. The van der Waals surface area contributed by atoms with Gasteiger partial charge in [-0.25, -0.2) is 12.7 Å². The number of carbonyl (C=O) groups excluding carboxylic acids is 1. The quantitative estimate of drug-likeness (QED) is 0.739. The van der Waals surface area contributed by atoms with Gasteiger partial charge < -0.3 is 5.73 Å². The fourth-order valence-electron chi connectivity index (χ4n) is 4.04. The van der Waals surface area contributed by atoms with Crippen LogP contribution in [0.4, 0.5) is 11.4 Å². The number of rotatable bonds is 3. The van der Waals surface area contributed by atoms with Crippen LogP contribution in [0, 0.1) is 0 Å². The van der Waals surface area contributed by atoms with E-state index < -0.39 is 15.6 Å². The second kappa shape index (κ2) is 9.14. The second-order valence-electron chi connectivity index (χ2n) is 8.23. The van der Waals surface area contributed by atoms with Crippen LogP contribution in [0.5, 0.6) is 0 Å². The molecule has 31 heavy (non-hydrogen) atoms. The molecule has 1 aromatic heterocycles. The Morgan fingerprint density at radius 2 is 1.81 bits per heavy atom. The Balaban J connectivity index is 0.000000210. The van der Waals surface area contributed by atoms with Gasteiger partial charge in [-0.1, -0.05) is 18.0 Å². The Bertz CT molecular complexity index is 1070. The first kappa shape index (κ1) is 23.5. The molecule has 0 spiro atoms. The summed E-state index contributed by atoms with van der Waals surface area (Å²) < 4.78 is 24.2. The molecule has 2 N–H and O–H groups in total. The molecule has 0 saturated carbocycles. The molecule has 7 nitrogen and oxygen atoms in total. The zero-order valence-corrected chi connectivity index (χ0v) is 19.7. The summed E-state index contributed by atoms with van der Waals surface area (Å²) in [5, 5.41) is 0.622. The minimum Gasteiger partial charge on any atom is -0.397 e.